The van der Waals surface area contributed by atoms with Crippen LogP contribution in [0.3, 0.4) is 0 Å². The number of para-hydroxylation sites is 2. The first-order chi connectivity index (χ1) is 11.7. The number of carbonyl (C=O) groups is 2. The van der Waals surface area contributed by atoms with Crippen LogP contribution in [-0.4, -0.2) is 23.3 Å². The molecular formula is C19H13NO4. The Labute approximate surface area is 136 Å². The van der Waals surface area contributed by atoms with Gasteiger partial charge < -0.3 is 14.1 Å². The van der Waals surface area contributed by atoms with Gasteiger partial charge in [-0.1, -0.05) is 36.4 Å². The molecule has 0 unspecified atom stereocenters. The summed E-state index contributed by atoms with van der Waals surface area (Å²) in [6.07, 6.45) is 1.58. The summed E-state index contributed by atoms with van der Waals surface area (Å²) in [7, 11) is 0. The van der Waals surface area contributed by atoms with Crippen molar-refractivity contribution < 1.29 is 18.7 Å². The lowest BCUT2D eigenvalue weighted by atomic mass is 10.2. The number of ether oxygens (including phenoxy) is 1. The number of benzene rings is 2. The maximum Gasteiger partial charge on any atom is 0.340 e. The molecule has 0 aliphatic rings. The van der Waals surface area contributed by atoms with Gasteiger partial charge in [-0.15, -0.1) is 0 Å². The third-order valence-corrected chi connectivity index (χ3v) is 3.84. The topological polar surface area (TPSA) is 72.3 Å². The molecular weight excluding hydrogens is 306 g/mol. The lowest BCUT2D eigenvalue weighted by molar-refractivity contribution is 0.0470. The van der Waals surface area contributed by atoms with E-state index in [-0.39, 0.29) is 18.2 Å². The summed E-state index contributed by atoms with van der Waals surface area (Å²) in [5.41, 5.74) is 1.87. The van der Waals surface area contributed by atoms with Crippen LogP contribution in [0, 0.1) is 0 Å². The van der Waals surface area contributed by atoms with Gasteiger partial charge >= 0.3 is 5.97 Å². The molecule has 0 spiro atoms. The van der Waals surface area contributed by atoms with Gasteiger partial charge in [0.05, 0.1) is 5.56 Å². The Morgan fingerprint density at radius 3 is 2.71 bits per heavy atom. The first-order valence-electron chi connectivity index (χ1n) is 7.47. The zero-order valence-corrected chi connectivity index (χ0v) is 12.6. The number of furan rings is 1. The lowest BCUT2D eigenvalue weighted by Crippen LogP contribution is -2.13. The fourth-order valence-corrected chi connectivity index (χ4v) is 2.64. The minimum Gasteiger partial charge on any atom is -0.453 e. The Morgan fingerprint density at radius 2 is 1.83 bits per heavy atom. The Bertz CT molecular complexity index is 1020. The molecule has 0 aliphatic heterocycles. The second kappa shape index (κ2) is 5.70. The molecule has 4 aromatic rings. The van der Waals surface area contributed by atoms with Gasteiger partial charge in [0.2, 0.25) is 5.78 Å². The summed E-state index contributed by atoms with van der Waals surface area (Å²) < 4.78 is 10.6. The highest BCUT2D eigenvalue weighted by Gasteiger charge is 2.17. The highest BCUT2D eigenvalue weighted by atomic mass is 16.5. The monoisotopic (exact) mass is 319 g/mol. The van der Waals surface area contributed by atoms with Crippen molar-refractivity contribution in [2.75, 3.05) is 6.61 Å². The normalized spacial score (nSPS) is 11.0. The fourth-order valence-electron chi connectivity index (χ4n) is 2.64. The third kappa shape index (κ3) is 2.46. The fraction of sp³-hybridized carbons (Fsp3) is 0.0526. The van der Waals surface area contributed by atoms with Crippen LogP contribution >= 0.6 is 0 Å². The number of ketones is 1. The lowest BCUT2D eigenvalue weighted by Gasteiger charge is -2.02. The molecule has 2 aromatic carbocycles. The quantitative estimate of drug-likeness (QED) is 0.456. The first kappa shape index (κ1) is 14.3. The number of nitrogens with one attached hydrogen (secondary N) is 1. The standard InChI is InChI=1S/C19H13NO4/c21-16(18-9-12-5-1-4-8-17(12)24-18)11-23-19(22)14-10-20-15-7-3-2-6-13(14)15/h1-10,20H,11H2. The molecule has 0 amide bonds. The van der Waals surface area contributed by atoms with Crippen molar-refractivity contribution in [3.8, 4) is 0 Å². The molecule has 1 N–H and O–H groups in total. The molecule has 2 aromatic heterocycles. The van der Waals surface area contributed by atoms with Crippen molar-refractivity contribution in [3.63, 3.8) is 0 Å². The van der Waals surface area contributed by atoms with Crippen molar-refractivity contribution in [1.82, 2.24) is 4.98 Å². The summed E-state index contributed by atoms with van der Waals surface area (Å²) in [6, 6.07) is 16.4. The Kier molecular flexibility index (Phi) is 3.39. The van der Waals surface area contributed by atoms with Crippen molar-refractivity contribution in [2.45, 2.75) is 0 Å². The molecule has 0 atom stereocenters. The molecule has 5 heteroatoms. The van der Waals surface area contributed by atoms with Crippen LogP contribution in [0.15, 0.2) is 65.2 Å². The predicted molar refractivity (Wildman–Crippen MR) is 89.1 cm³/mol. The second-order valence-electron chi connectivity index (χ2n) is 5.40. The largest absolute Gasteiger partial charge is 0.453 e. The minimum absolute atomic E-state index is 0.183. The molecule has 118 valence electrons. The maximum absolute atomic E-state index is 12.2. The Balaban J connectivity index is 1.49. The van der Waals surface area contributed by atoms with Gasteiger partial charge in [-0.25, -0.2) is 4.79 Å². The zero-order chi connectivity index (χ0) is 16.5. The number of aromatic amines is 1. The Hall–Kier alpha value is -3.34. The van der Waals surface area contributed by atoms with Crippen LogP contribution in [0.4, 0.5) is 0 Å². The number of hydrogen-bond donors (Lipinski definition) is 1. The molecule has 4 rings (SSSR count). The third-order valence-electron chi connectivity index (χ3n) is 3.84. The average molecular weight is 319 g/mol. The first-order valence-corrected chi connectivity index (χ1v) is 7.47. The number of rotatable bonds is 4. The van der Waals surface area contributed by atoms with Crippen molar-refractivity contribution >= 4 is 33.6 Å². The molecule has 0 aliphatic carbocycles. The maximum atomic E-state index is 12.2. The van der Waals surface area contributed by atoms with E-state index >= 15 is 0 Å². The summed E-state index contributed by atoms with van der Waals surface area (Å²) in [4.78, 5) is 27.4. The van der Waals surface area contributed by atoms with E-state index in [0.29, 0.717) is 11.1 Å². The number of aromatic nitrogens is 1. The van der Waals surface area contributed by atoms with E-state index in [1.54, 1.807) is 18.3 Å². The SMILES string of the molecule is O=C(COC(=O)c1c[nH]c2ccccc12)c1cc2ccccc2o1. The van der Waals surface area contributed by atoms with Gasteiger partial charge in [-0.05, 0) is 18.2 Å². The van der Waals surface area contributed by atoms with Gasteiger partial charge in [-0.3, -0.25) is 4.79 Å². The van der Waals surface area contributed by atoms with E-state index in [1.165, 1.54) is 0 Å². The summed E-state index contributed by atoms with van der Waals surface area (Å²) >= 11 is 0. The molecule has 5 nitrogen and oxygen atoms in total. The highest BCUT2D eigenvalue weighted by Crippen LogP contribution is 2.20. The van der Waals surface area contributed by atoms with Crippen molar-refractivity contribution in [2.24, 2.45) is 0 Å². The number of carbonyl (C=O) groups excluding carboxylic acids is 2. The van der Waals surface area contributed by atoms with E-state index in [2.05, 4.69) is 4.98 Å². The van der Waals surface area contributed by atoms with E-state index in [4.69, 9.17) is 9.15 Å². The molecule has 0 saturated heterocycles. The van der Waals surface area contributed by atoms with Crippen LogP contribution in [0.25, 0.3) is 21.9 Å². The van der Waals surface area contributed by atoms with Gasteiger partial charge in [-0.2, -0.15) is 0 Å². The van der Waals surface area contributed by atoms with E-state index < -0.39 is 5.97 Å². The van der Waals surface area contributed by atoms with Gasteiger partial charge in [0, 0.05) is 22.5 Å². The van der Waals surface area contributed by atoms with Gasteiger partial charge in [0.25, 0.3) is 0 Å². The number of hydrogen-bond acceptors (Lipinski definition) is 4. The van der Waals surface area contributed by atoms with E-state index in [0.717, 1.165) is 16.3 Å². The Morgan fingerprint density at radius 1 is 1.04 bits per heavy atom. The predicted octanol–water partition coefficient (Wildman–Crippen LogP) is 3.95. The van der Waals surface area contributed by atoms with Crippen LogP contribution in [0.5, 0.6) is 0 Å². The number of fused-ring (bicyclic) bond motifs is 2. The molecule has 0 fully saturated rings. The van der Waals surface area contributed by atoms with Crippen LogP contribution in [0.1, 0.15) is 20.9 Å². The van der Waals surface area contributed by atoms with E-state index in [1.807, 2.05) is 42.5 Å². The average Bonchev–Trinajstić information content (AvgIpc) is 3.23. The molecule has 0 radical (unpaired) electrons. The van der Waals surface area contributed by atoms with Crippen LogP contribution in [-0.2, 0) is 4.74 Å². The number of esters is 1. The molecule has 0 bridgehead atoms. The summed E-state index contributed by atoms with van der Waals surface area (Å²) in [5.74, 6) is -0.737. The van der Waals surface area contributed by atoms with E-state index in [9.17, 15) is 9.59 Å². The van der Waals surface area contributed by atoms with Crippen molar-refractivity contribution in [3.05, 3.63) is 72.1 Å². The second-order valence-corrected chi connectivity index (χ2v) is 5.40. The summed E-state index contributed by atoms with van der Waals surface area (Å²) in [5, 5.41) is 1.60. The smallest absolute Gasteiger partial charge is 0.340 e. The van der Waals surface area contributed by atoms with Gasteiger partial charge in [0.15, 0.2) is 12.4 Å². The highest BCUT2D eigenvalue weighted by molar-refractivity contribution is 6.05. The van der Waals surface area contributed by atoms with Crippen LogP contribution < -0.4 is 0 Å². The summed E-state index contributed by atoms with van der Waals surface area (Å²) in [6.45, 7) is -0.363. The zero-order valence-electron chi connectivity index (χ0n) is 12.6. The molecule has 0 saturated carbocycles. The number of Topliss-reactive ketones (excluding diaryl/α,β-unsaturated/α-hetero) is 1. The molecule has 24 heavy (non-hydrogen) atoms. The van der Waals surface area contributed by atoms with Crippen molar-refractivity contribution in [1.29, 1.82) is 0 Å². The van der Waals surface area contributed by atoms with Gasteiger partial charge in [0.1, 0.15) is 5.58 Å². The number of H-pyrrole nitrogens is 1. The van der Waals surface area contributed by atoms with Crippen LogP contribution in [0.2, 0.25) is 0 Å². The minimum atomic E-state index is -0.545. The molecule has 2 heterocycles.